The first-order valence-electron chi connectivity index (χ1n) is 9.58. The topological polar surface area (TPSA) is 95.6 Å². The van der Waals surface area contributed by atoms with Gasteiger partial charge < -0.3 is 15.6 Å². The van der Waals surface area contributed by atoms with E-state index in [0.29, 0.717) is 25.2 Å². The van der Waals surface area contributed by atoms with Crippen molar-refractivity contribution in [1.82, 2.24) is 30.6 Å². The molecule has 7 nitrogen and oxygen atoms in total. The van der Waals surface area contributed by atoms with Gasteiger partial charge in [-0.15, -0.1) is 11.3 Å². The Morgan fingerprint density at radius 3 is 2.87 bits per heavy atom. The van der Waals surface area contributed by atoms with Gasteiger partial charge >= 0.3 is 0 Å². The summed E-state index contributed by atoms with van der Waals surface area (Å²) in [4.78, 5) is 29.5. The lowest BCUT2D eigenvalue weighted by atomic mass is 10.3. The van der Waals surface area contributed by atoms with E-state index in [1.54, 1.807) is 0 Å². The largest absolute Gasteiger partial charge is 0.345 e. The summed E-state index contributed by atoms with van der Waals surface area (Å²) >= 11 is 1.49. The molecular weight excluding hydrogens is 403 g/mol. The maximum Gasteiger partial charge on any atom is 0.271 e. The van der Waals surface area contributed by atoms with Crippen LogP contribution in [0.25, 0.3) is 11.0 Å². The van der Waals surface area contributed by atoms with Crippen LogP contribution in [-0.4, -0.2) is 32.4 Å². The molecule has 0 saturated heterocycles. The van der Waals surface area contributed by atoms with Crippen molar-refractivity contribution in [3.63, 3.8) is 0 Å². The summed E-state index contributed by atoms with van der Waals surface area (Å²) in [7, 11) is 0. The highest BCUT2D eigenvalue weighted by Crippen LogP contribution is 2.18. The smallest absolute Gasteiger partial charge is 0.271 e. The number of aromatic amines is 1. The summed E-state index contributed by atoms with van der Waals surface area (Å²) in [6.45, 7) is 3.22. The third-order valence-corrected chi connectivity index (χ3v) is 5.58. The average Bonchev–Trinajstić information content (AvgIpc) is 3.33. The zero-order chi connectivity index (χ0) is 20.9. The predicted octanol–water partition coefficient (Wildman–Crippen LogP) is 3.12. The summed E-state index contributed by atoms with van der Waals surface area (Å²) in [6, 6.07) is 10.7. The number of carbonyl (C=O) groups excluding carboxylic acids is 1. The van der Waals surface area contributed by atoms with Crippen LogP contribution in [0.5, 0.6) is 0 Å². The number of benzene rings is 1. The number of hydrogen-bond donors (Lipinski definition) is 3. The highest BCUT2D eigenvalue weighted by atomic mass is 32.1. The minimum absolute atomic E-state index is 0.0247. The van der Waals surface area contributed by atoms with Gasteiger partial charge in [0.15, 0.2) is 0 Å². The zero-order valence-electron chi connectivity index (χ0n) is 16.4. The maximum absolute atomic E-state index is 13.6. The number of aromatic nitrogens is 4. The number of hydrogen-bond acceptors (Lipinski definition) is 6. The molecular formula is C21H21FN6OS. The van der Waals surface area contributed by atoms with Crippen LogP contribution in [0.1, 0.15) is 31.9 Å². The first-order valence-corrected chi connectivity index (χ1v) is 10.4. The molecule has 0 aliphatic rings. The minimum Gasteiger partial charge on any atom is -0.345 e. The SMILES string of the molecule is Cc1sc(CCNCc2nc3ccccc3[nH]2)nc1C(=O)NCc1ncccc1F. The van der Waals surface area contributed by atoms with Crippen molar-refractivity contribution in [2.45, 2.75) is 26.4 Å². The third kappa shape index (κ3) is 4.69. The van der Waals surface area contributed by atoms with Crippen LogP contribution in [0.2, 0.25) is 0 Å². The second kappa shape index (κ2) is 9.10. The molecule has 3 heterocycles. The molecule has 4 rings (SSSR count). The molecule has 0 bridgehead atoms. The number of aryl methyl sites for hydroxylation is 1. The summed E-state index contributed by atoms with van der Waals surface area (Å²) < 4.78 is 13.6. The van der Waals surface area contributed by atoms with Crippen LogP contribution in [0.4, 0.5) is 4.39 Å². The summed E-state index contributed by atoms with van der Waals surface area (Å²) in [6.07, 6.45) is 2.20. The molecule has 0 fully saturated rings. The van der Waals surface area contributed by atoms with Crippen molar-refractivity contribution < 1.29 is 9.18 Å². The van der Waals surface area contributed by atoms with Gasteiger partial charge in [0.1, 0.15) is 17.3 Å². The van der Waals surface area contributed by atoms with Gasteiger partial charge in [0, 0.05) is 24.0 Å². The lowest BCUT2D eigenvalue weighted by Gasteiger charge is -2.04. The van der Waals surface area contributed by atoms with Gasteiger partial charge in [-0.25, -0.2) is 14.4 Å². The number of thiazole rings is 1. The molecule has 0 unspecified atom stereocenters. The van der Waals surface area contributed by atoms with E-state index in [1.807, 2.05) is 31.2 Å². The molecule has 0 spiro atoms. The highest BCUT2D eigenvalue weighted by molar-refractivity contribution is 7.11. The number of nitrogens with zero attached hydrogens (tertiary/aromatic N) is 3. The van der Waals surface area contributed by atoms with Crippen LogP contribution in [0.15, 0.2) is 42.6 Å². The molecule has 30 heavy (non-hydrogen) atoms. The predicted molar refractivity (Wildman–Crippen MR) is 114 cm³/mol. The quantitative estimate of drug-likeness (QED) is 0.378. The second-order valence-corrected chi connectivity index (χ2v) is 8.04. The van der Waals surface area contributed by atoms with Gasteiger partial charge in [0.2, 0.25) is 0 Å². The average molecular weight is 425 g/mol. The first-order chi connectivity index (χ1) is 14.6. The van der Waals surface area contributed by atoms with Crippen LogP contribution in [-0.2, 0) is 19.5 Å². The van der Waals surface area contributed by atoms with E-state index in [0.717, 1.165) is 26.7 Å². The molecule has 0 aliphatic carbocycles. The van der Waals surface area contributed by atoms with Crippen molar-refractivity contribution in [3.8, 4) is 0 Å². The van der Waals surface area contributed by atoms with Crippen LogP contribution in [0.3, 0.4) is 0 Å². The van der Waals surface area contributed by atoms with Crippen LogP contribution < -0.4 is 10.6 Å². The monoisotopic (exact) mass is 424 g/mol. The van der Waals surface area contributed by atoms with Crippen molar-refractivity contribution in [2.24, 2.45) is 0 Å². The molecule has 1 aromatic carbocycles. The van der Waals surface area contributed by atoms with E-state index in [2.05, 4.69) is 30.6 Å². The standard InChI is InChI=1S/C21H21FN6OS/c1-13-20(21(29)25-11-17-14(22)5-4-9-24-17)28-19(30-13)8-10-23-12-18-26-15-6-2-3-7-16(15)27-18/h2-7,9,23H,8,10-12H2,1H3,(H,25,29)(H,26,27). The lowest BCUT2D eigenvalue weighted by molar-refractivity contribution is 0.0945. The third-order valence-electron chi connectivity index (χ3n) is 4.55. The summed E-state index contributed by atoms with van der Waals surface area (Å²) in [5.74, 6) is 0.118. The number of pyridine rings is 1. The van der Waals surface area contributed by atoms with Crippen LogP contribution >= 0.6 is 11.3 Å². The van der Waals surface area contributed by atoms with E-state index < -0.39 is 5.82 Å². The number of H-pyrrole nitrogens is 1. The molecule has 0 radical (unpaired) electrons. The van der Waals surface area contributed by atoms with E-state index in [4.69, 9.17) is 0 Å². The van der Waals surface area contributed by atoms with Gasteiger partial charge in [0.25, 0.3) is 5.91 Å². The van der Waals surface area contributed by atoms with E-state index in [9.17, 15) is 9.18 Å². The van der Waals surface area contributed by atoms with Crippen molar-refractivity contribution in [3.05, 3.63) is 75.5 Å². The highest BCUT2D eigenvalue weighted by Gasteiger charge is 2.16. The number of nitrogens with one attached hydrogen (secondary N) is 3. The summed E-state index contributed by atoms with van der Waals surface area (Å²) in [5, 5.41) is 6.90. The van der Waals surface area contributed by atoms with Crippen LogP contribution in [0, 0.1) is 12.7 Å². The van der Waals surface area contributed by atoms with Crippen molar-refractivity contribution >= 4 is 28.3 Å². The van der Waals surface area contributed by atoms with Gasteiger partial charge in [-0.05, 0) is 31.2 Å². The fourth-order valence-corrected chi connectivity index (χ4v) is 3.99. The number of para-hydroxylation sites is 2. The summed E-state index contributed by atoms with van der Waals surface area (Å²) in [5.41, 5.74) is 2.55. The molecule has 0 saturated carbocycles. The molecule has 154 valence electrons. The molecule has 0 aliphatic heterocycles. The Kier molecular flexibility index (Phi) is 6.10. The lowest BCUT2D eigenvalue weighted by Crippen LogP contribution is -2.25. The zero-order valence-corrected chi connectivity index (χ0v) is 17.2. The normalized spacial score (nSPS) is 11.1. The molecule has 1 amide bonds. The number of carbonyl (C=O) groups is 1. The number of rotatable bonds is 8. The molecule has 0 atom stereocenters. The Morgan fingerprint density at radius 1 is 1.17 bits per heavy atom. The van der Waals surface area contributed by atoms with Gasteiger partial charge in [0.05, 0.1) is 34.8 Å². The van der Waals surface area contributed by atoms with E-state index in [1.165, 1.54) is 29.7 Å². The Hall–Kier alpha value is -3.17. The van der Waals surface area contributed by atoms with Crippen molar-refractivity contribution in [1.29, 1.82) is 0 Å². The van der Waals surface area contributed by atoms with Gasteiger partial charge in [-0.1, -0.05) is 12.1 Å². The maximum atomic E-state index is 13.6. The number of imidazole rings is 1. The van der Waals surface area contributed by atoms with Crippen molar-refractivity contribution in [2.75, 3.05) is 6.54 Å². The fourth-order valence-electron chi connectivity index (χ4n) is 3.06. The Balaban J connectivity index is 1.28. The molecule has 4 aromatic rings. The van der Waals surface area contributed by atoms with Gasteiger partial charge in [-0.2, -0.15) is 0 Å². The van der Waals surface area contributed by atoms with Gasteiger partial charge in [-0.3, -0.25) is 9.78 Å². The number of amides is 1. The number of fused-ring (bicyclic) bond motifs is 1. The first kappa shape index (κ1) is 20.1. The van der Waals surface area contributed by atoms with E-state index >= 15 is 0 Å². The fraction of sp³-hybridized carbons (Fsp3) is 0.238. The Labute approximate surface area is 176 Å². The molecule has 9 heteroatoms. The number of halogens is 1. The Bertz CT molecular complexity index is 1140. The molecule has 3 N–H and O–H groups in total. The minimum atomic E-state index is -0.441. The Morgan fingerprint density at radius 2 is 2.03 bits per heavy atom. The van der Waals surface area contributed by atoms with E-state index in [-0.39, 0.29) is 18.1 Å². The molecule has 3 aromatic heterocycles. The second-order valence-electron chi connectivity index (χ2n) is 6.75.